The topological polar surface area (TPSA) is 3.24 Å². The van der Waals surface area contributed by atoms with Crippen molar-refractivity contribution in [2.45, 2.75) is 36.5 Å². The van der Waals surface area contributed by atoms with Crippen LogP contribution in [-0.4, -0.2) is 0 Å². The summed E-state index contributed by atoms with van der Waals surface area (Å²) in [6.07, 6.45) is 4.83. The molecule has 346 valence electrons. The highest BCUT2D eigenvalue weighted by molar-refractivity contribution is 7.26. The van der Waals surface area contributed by atoms with Gasteiger partial charge >= 0.3 is 0 Å². The molecule has 12 aromatic carbocycles. The molecular weight excluding hydrogens is 911 g/mol. The lowest BCUT2D eigenvalue weighted by Crippen LogP contribution is -2.26. The van der Waals surface area contributed by atoms with Gasteiger partial charge in [-0.15, -0.1) is 11.3 Å². The summed E-state index contributed by atoms with van der Waals surface area (Å²) in [5, 5.41) is 10.3. The van der Waals surface area contributed by atoms with E-state index in [1.54, 1.807) is 0 Å². The van der Waals surface area contributed by atoms with Crippen LogP contribution in [-0.2, 0) is 10.8 Å². The lowest BCUT2D eigenvalue weighted by Gasteiger charge is -2.34. The van der Waals surface area contributed by atoms with Gasteiger partial charge in [0.15, 0.2) is 0 Å². The normalized spacial score (nSPS) is 15.0. The molecule has 1 saturated carbocycles. The Balaban J connectivity index is 1.03. The second kappa shape index (κ2) is 15.0. The zero-order chi connectivity index (χ0) is 48.3. The van der Waals surface area contributed by atoms with Crippen LogP contribution in [0.25, 0.3) is 97.0 Å². The minimum atomic E-state index is -0.520. The molecule has 0 saturated heterocycles. The van der Waals surface area contributed by atoms with Crippen molar-refractivity contribution in [3.8, 4) is 44.5 Å². The molecule has 13 aromatic rings. The average Bonchev–Trinajstić information content (AvgIpc) is 4.33. The molecular formula is C72H47NS. The maximum absolute atomic E-state index is 2.67. The lowest BCUT2D eigenvalue weighted by atomic mass is 9.70. The van der Waals surface area contributed by atoms with Crippen LogP contribution >= 0.6 is 11.3 Å². The smallest absolute Gasteiger partial charge is 0.0726 e. The van der Waals surface area contributed by atoms with Gasteiger partial charge in [0.1, 0.15) is 0 Å². The third kappa shape index (κ3) is 5.23. The molecule has 0 unspecified atom stereocenters. The predicted octanol–water partition coefficient (Wildman–Crippen LogP) is 19.8. The molecule has 74 heavy (non-hydrogen) atoms. The van der Waals surface area contributed by atoms with Gasteiger partial charge in [0.2, 0.25) is 0 Å². The van der Waals surface area contributed by atoms with Crippen molar-refractivity contribution >= 4 is 80.9 Å². The van der Waals surface area contributed by atoms with E-state index in [4.69, 9.17) is 0 Å². The quantitative estimate of drug-likeness (QED) is 0.159. The summed E-state index contributed by atoms with van der Waals surface area (Å²) < 4.78 is 2.63. The number of thiophene rings is 1. The molecule has 4 aliphatic carbocycles. The molecule has 0 atom stereocenters. The van der Waals surface area contributed by atoms with Crippen molar-refractivity contribution in [1.29, 1.82) is 0 Å². The van der Waals surface area contributed by atoms with Gasteiger partial charge in [0, 0.05) is 48.1 Å². The maximum Gasteiger partial charge on any atom is 0.0726 e. The highest BCUT2D eigenvalue weighted by Gasteiger charge is 2.52. The molecule has 0 radical (unpaired) electrons. The Bertz CT molecular complexity index is 4500. The van der Waals surface area contributed by atoms with Crippen molar-refractivity contribution in [1.82, 2.24) is 0 Å². The Kier molecular flexibility index (Phi) is 8.31. The highest BCUT2D eigenvalue weighted by atomic mass is 32.1. The molecule has 1 fully saturated rings. The lowest BCUT2D eigenvalue weighted by molar-refractivity contribution is 0.550. The zero-order valence-corrected chi connectivity index (χ0v) is 41.5. The molecule has 1 nitrogen and oxygen atoms in total. The highest BCUT2D eigenvalue weighted by Crippen LogP contribution is 2.65. The summed E-state index contributed by atoms with van der Waals surface area (Å²) in [5.41, 5.74) is 21.9. The fourth-order valence-electron chi connectivity index (χ4n) is 15.0. The number of fused-ring (bicyclic) bond motifs is 24. The van der Waals surface area contributed by atoms with E-state index in [2.05, 4.69) is 241 Å². The first-order chi connectivity index (χ1) is 36.7. The fourth-order valence-corrected chi connectivity index (χ4v) is 16.3. The summed E-state index contributed by atoms with van der Waals surface area (Å²) in [4.78, 5) is 2.67. The van der Waals surface area contributed by atoms with Crippen LogP contribution in [0.3, 0.4) is 0 Å². The number of anilines is 3. The number of hydrogen-bond acceptors (Lipinski definition) is 2. The van der Waals surface area contributed by atoms with Gasteiger partial charge in [-0.3, -0.25) is 0 Å². The SMILES string of the molecule is c1ccc2c(c1)-c1ccc(N(c3ccc4c5ccccc5c5ccccc5c4c3)c3cc4c(cc3-c3cccc5c3sc3ccccc35)-c3ccccc3C43c4ccccc4-c4ccccc43)cc1C21CCCC1. The van der Waals surface area contributed by atoms with Crippen LogP contribution in [0.1, 0.15) is 59.1 Å². The van der Waals surface area contributed by atoms with Crippen LogP contribution in [0.4, 0.5) is 17.1 Å². The molecule has 0 aliphatic heterocycles. The third-order valence-corrected chi connectivity index (χ3v) is 19.2. The number of nitrogens with zero attached hydrogens (tertiary/aromatic N) is 1. The van der Waals surface area contributed by atoms with Crippen LogP contribution in [0.2, 0.25) is 0 Å². The first-order valence-corrected chi connectivity index (χ1v) is 27.3. The summed E-state index contributed by atoms with van der Waals surface area (Å²) in [5.74, 6) is 0. The molecule has 4 aliphatic rings. The van der Waals surface area contributed by atoms with Gasteiger partial charge in [0.25, 0.3) is 0 Å². The first-order valence-electron chi connectivity index (χ1n) is 26.5. The average molecular weight is 958 g/mol. The minimum absolute atomic E-state index is 0.00147. The molecule has 1 aromatic heterocycles. The summed E-state index contributed by atoms with van der Waals surface area (Å²) >= 11 is 1.92. The van der Waals surface area contributed by atoms with E-state index >= 15 is 0 Å². The fraction of sp³-hybridized carbons (Fsp3) is 0.0833. The Morgan fingerprint density at radius 1 is 0.297 bits per heavy atom. The summed E-state index contributed by atoms with van der Waals surface area (Å²) in [6, 6.07) is 91.1. The molecule has 0 bridgehead atoms. The molecule has 2 heteroatoms. The Morgan fingerprint density at radius 2 is 0.770 bits per heavy atom. The van der Waals surface area contributed by atoms with Gasteiger partial charge in [-0.05, 0) is 154 Å². The Morgan fingerprint density at radius 3 is 1.43 bits per heavy atom. The zero-order valence-electron chi connectivity index (χ0n) is 40.7. The van der Waals surface area contributed by atoms with Crippen molar-refractivity contribution < 1.29 is 0 Å². The summed E-state index contributed by atoms with van der Waals surface area (Å²) in [7, 11) is 0. The van der Waals surface area contributed by atoms with Gasteiger partial charge in [0.05, 0.1) is 11.1 Å². The predicted molar refractivity (Wildman–Crippen MR) is 313 cm³/mol. The molecule has 17 rings (SSSR count). The summed E-state index contributed by atoms with van der Waals surface area (Å²) in [6.45, 7) is 0. The van der Waals surface area contributed by atoms with E-state index in [1.165, 1.54) is 167 Å². The van der Waals surface area contributed by atoms with E-state index in [-0.39, 0.29) is 5.41 Å². The molecule has 2 spiro atoms. The largest absolute Gasteiger partial charge is 0.310 e. The monoisotopic (exact) mass is 957 g/mol. The number of rotatable bonds is 4. The Labute approximate surface area is 434 Å². The second-order valence-corrected chi connectivity index (χ2v) is 22.4. The molecule has 0 N–H and O–H groups in total. The van der Waals surface area contributed by atoms with Gasteiger partial charge < -0.3 is 4.90 Å². The second-order valence-electron chi connectivity index (χ2n) is 21.3. The molecule has 0 amide bonds. The number of hydrogen-bond donors (Lipinski definition) is 0. The van der Waals surface area contributed by atoms with Crippen molar-refractivity contribution in [2.75, 3.05) is 4.90 Å². The van der Waals surface area contributed by atoms with E-state index in [0.717, 1.165) is 5.69 Å². The van der Waals surface area contributed by atoms with Crippen molar-refractivity contribution in [2.24, 2.45) is 0 Å². The van der Waals surface area contributed by atoms with Crippen LogP contribution in [0.5, 0.6) is 0 Å². The number of benzene rings is 12. The maximum atomic E-state index is 2.67. The first kappa shape index (κ1) is 41.0. The van der Waals surface area contributed by atoms with Gasteiger partial charge in [-0.2, -0.15) is 0 Å². The van der Waals surface area contributed by atoms with E-state index < -0.39 is 5.41 Å². The van der Waals surface area contributed by atoms with E-state index in [0.29, 0.717) is 0 Å². The van der Waals surface area contributed by atoms with E-state index in [1.807, 2.05) is 11.3 Å². The van der Waals surface area contributed by atoms with Gasteiger partial charge in [-0.25, -0.2) is 0 Å². The third-order valence-electron chi connectivity index (χ3n) is 18.0. The van der Waals surface area contributed by atoms with Gasteiger partial charge in [-0.1, -0.05) is 207 Å². The van der Waals surface area contributed by atoms with Crippen LogP contribution < -0.4 is 4.90 Å². The minimum Gasteiger partial charge on any atom is -0.310 e. The molecule has 1 heterocycles. The Hall–Kier alpha value is -8.56. The van der Waals surface area contributed by atoms with Crippen LogP contribution in [0.15, 0.2) is 237 Å². The van der Waals surface area contributed by atoms with Crippen LogP contribution in [0, 0.1) is 0 Å². The van der Waals surface area contributed by atoms with E-state index in [9.17, 15) is 0 Å². The van der Waals surface area contributed by atoms with Crippen molar-refractivity contribution in [3.63, 3.8) is 0 Å². The van der Waals surface area contributed by atoms with Crippen molar-refractivity contribution in [3.05, 3.63) is 270 Å². The standard InChI is InChI=1S/C72H47NS/c1-2-20-48-46(18-1)47-19-3-4-21-49(47)59-40-44(34-36-50(48)59)73(45-35-37-55-51-22-5-10-29-62(51)71(66(55)41-45)38-15-16-39-71)68-43-67-60(42-61(68)58-28-17-27-57-56-26-9-14-33-69(56)74-70(57)58)54-25-8-13-32-65(54)72(67)63-30-11-6-23-52(63)53-24-7-12-31-64(53)72/h1-14,17-37,40-43H,15-16,38-39H2.